The molecule has 6 nitrogen and oxygen atoms in total. The predicted octanol–water partition coefficient (Wildman–Crippen LogP) is 5.28. The van der Waals surface area contributed by atoms with E-state index in [1.54, 1.807) is 4.90 Å². The molecule has 1 saturated carbocycles. The van der Waals surface area contributed by atoms with Gasteiger partial charge < -0.3 is 23.5 Å². The van der Waals surface area contributed by atoms with E-state index >= 15 is 0 Å². The fraction of sp³-hybridized carbons (Fsp3) is 0.618. The third-order valence-electron chi connectivity index (χ3n) is 9.30. The van der Waals surface area contributed by atoms with Crippen LogP contribution in [0.3, 0.4) is 0 Å². The van der Waals surface area contributed by atoms with E-state index in [1.807, 2.05) is 14.1 Å². The van der Waals surface area contributed by atoms with E-state index in [4.69, 9.17) is 18.6 Å². The topological polar surface area (TPSA) is 57.2 Å². The van der Waals surface area contributed by atoms with Gasteiger partial charge in [0.1, 0.15) is 6.10 Å². The summed E-state index contributed by atoms with van der Waals surface area (Å²) in [6.45, 7) is 8.13. The summed E-state index contributed by atoms with van der Waals surface area (Å²) in [6.07, 6.45) is 7.16. The van der Waals surface area contributed by atoms with Crippen LogP contribution >= 0.6 is 0 Å². The van der Waals surface area contributed by atoms with Crippen molar-refractivity contribution in [1.29, 1.82) is 0 Å². The Labute approximate surface area is 247 Å². The molecule has 3 fully saturated rings. The fourth-order valence-electron chi connectivity index (χ4n) is 7.17. The number of hydrogen-bond donors (Lipinski definition) is 0. The molecule has 1 aliphatic carbocycles. The van der Waals surface area contributed by atoms with Crippen molar-refractivity contribution in [2.75, 3.05) is 27.3 Å². The van der Waals surface area contributed by atoms with Crippen LogP contribution in [0.15, 0.2) is 60.7 Å². The maximum absolute atomic E-state index is 12.6. The lowest BCUT2D eigenvalue weighted by Gasteiger charge is -2.43. The molecule has 5 rings (SSSR count). The van der Waals surface area contributed by atoms with Gasteiger partial charge in [-0.05, 0) is 41.1 Å². The lowest BCUT2D eigenvalue weighted by atomic mass is 9.88. The van der Waals surface area contributed by atoms with Crippen LogP contribution in [0.4, 0.5) is 0 Å². The molecule has 2 heterocycles. The van der Waals surface area contributed by atoms with Gasteiger partial charge in [0.2, 0.25) is 5.91 Å². The molecule has 224 valence electrons. The van der Waals surface area contributed by atoms with Crippen LogP contribution in [0.2, 0.25) is 5.04 Å². The summed E-state index contributed by atoms with van der Waals surface area (Å²) >= 11 is 0. The van der Waals surface area contributed by atoms with Gasteiger partial charge in [0.15, 0.2) is 5.79 Å². The van der Waals surface area contributed by atoms with E-state index in [2.05, 4.69) is 81.4 Å². The number of nitrogens with zero attached hydrogens (tertiary/aromatic N) is 1. The van der Waals surface area contributed by atoms with E-state index in [0.29, 0.717) is 19.6 Å². The van der Waals surface area contributed by atoms with Gasteiger partial charge in [0.25, 0.3) is 8.32 Å². The highest BCUT2D eigenvalue weighted by Crippen LogP contribution is 2.46. The lowest BCUT2D eigenvalue weighted by Crippen LogP contribution is -2.66. The highest BCUT2D eigenvalue weighted by Gasteiger charge is 2.55. The van der Waals surface area contributed by atoms with Crippen molar-refractivity contribution in [3.63, 3.8) is 0 Å². The van der Waals surface area contributed by atoms with E-state index in [0.717, 1.165) is 38.5 Å². The highest BCUT2D eigenvalue weighted by atomic mass is 28.4. The minimum absolute atomic E-state index is 0.0146. The standard InChI is InChI=1S/C34H49NO5Si/c1-33(2,3)41(27-16-9-6-10-17-27,28-18-11-7-12-19-28)38-23-15-20-29-32-31(26(25-37-29)24-30(36)35(4)5)39-34(40-32)21-13-8-14-22-34/h6-7,9-12,16-19,26,29,31-32H,8,13-15,20-25H2,1-5H3/t26-,29-,31+,32-/m0/s1. The van der Waals surface area contributed by atoms with Crippen LogP contribution in [0.1, 0.15) is 72.1 Å². The summed E-state index contributed by atoms with van der Waals surface area (Å²) < 4.78 is 27.1. The molecule has 0 unspecified atom stereocenters. The maximum atomic E-state index is 12.6. The Morgan fingerprint density at radius 1 is 0.927 bits per heavy atom. The normalized spacial score (nSPS) is 26.1. The highest BCUT2D eigenvalue weighted by molar-refractivity contribution is 6.99. The van der Waals surface area contributed by atoms with Gasteiger partial charge in [-0.3, -0.25) is 4.79 Å². The third-order valence-corrected chi connectivity index (χ3v) is 14.3. The Morgan fingerprint density at radius 3 is 2.07 bits per heavy atom. The van der Waals surface area contributed by atoms with E-state index in [9.17, 15) is 4.79 Å². The minimum Gasteiger partial charge on any atom is -0.407 e. The zero-order chi connectivity index (χ0) is 29.1. The zero-order valence-electron chi connectivity index (χ0n) is 25.6. The minimum atomic E-state index is -2.57. The Kier molecular flexibility index (Phi) is 9.41. The van der Waals surface area contributed by atoms with Crippen molar-refractivity contribution in [2.45, 2.75) is 101 Å². The van der Waals surface area contributed by atoms with Gasteiger partial charge in [-0.25, -0.2) is 0 Å². The van der Waals surface area contributed by atoms with Crippen molar-refractivity contribution in [2.24, 2.45) is 5.92 Å². The number of carbonyl (C=O) groups excluding carboxylic acids is 1. The van der Waals surface area contributed by atoms with Crippen LogP contribution in [-0.2, 0) is 23.4 Å². The first-order chi connectivity index (χ1) is 19.7. The monoisotopic (exact) mass is 579 g/mol. The van der Waals surface area contributed by atoms with Crippen LogP contribution in [0.5, 0.6) is 0 Å². The molecule has 1 spiro atoms. The number of rotatable bonds is 9. The third kappa shape index (κ3) is 6.35. The molecule has 0 bridgehead atoms. The molecule has 0 N–H and O–H groups in total. The molecule has 2 aromatic carbocycles. The molecule has 2 aromatic rings. The van der Waals surface area contributed by atoms with Gasteiger partial charge in [-0.15, -0.1) is 0 Å². The van der Waals surface area contributed by atoms with Crippen molar-refractivity contribution < 1.29 is 23.4 Å². The second kappa shape index (κ2) is 12.7. The molecule has 2 saturated heterocycles. The number of ether oxygens (including phenoxy) is 3. The summed E-state index contributed by atoms with van der Waals surface area (Å²) in [5.74, 6) is -0.381. The SMILES string of the molecule is CN(C)C(=O)C[C@H]1CO[C@@H](CCCO[Si](c2ccccc2)(c2ccccc2)C(C)(C)C)[C@@H]2OC3(CCCCC3)O[C@H]12. The van der Waals surface area contributed by atoms with E-state index in [-0.39, 0.29) is 35.2 Å². The van der Waals surface area contributed by atoms with Crippen molar-refractivity contribution in [1.82, 2.24) is 4.90 Å². The van der Waals surface area contributed by atoms with Crippen LogP contribution in [-0.4, -0.2) is 70.5 Å². The summed E-state index contributed by atoms with van der Waals surface area (Å²) in [4.78, 5) is 14.3. The first-order valence-electron chi connectivity index (χ1n) is 15.6. The fourth-order valence-corrected chi connectivity index (χ4v) is 11.8. The van der Waals surface area contributed by atoms with Crippen LogP contribution in [0, 0.1) is 5.92 Å². The number of fused-ring (bicyclic) bond motifs is 1. The molecule has 0 aromatic heterocycles. The summed E-state index contributed by atoms with van der Waals surface area (Å²) in [5.41, 5.74) is 0. The predicted molar refractivity (Wildman–Crippen MR) is 165 cm³/mol. The Balaban J connectivity index is 1.31. The van der Waals surface area contributed by atoms with E-state index in [1.165, 1.54) is 16.8 Å². The Bertz CT molecular complexity index is 1090. The zero-order valence-corrected chi connectivity index (χ0v) is 26.6. The molecular formula is C34H49NO5Si. The van der Waals surface area contributed by atoms with Gasteiger partial charge >= 0.3 is 0 Å². The average molecular weight is 580 g/mol. The molecule has 0 radical (unpaired) electrons. The van der Waals surface area contributed by atoms with E-state index < -0.39 is 14.1 Å². The Hall–Kier alpha value is -2.03. The molecule has 3 aliphatic rings. The number of carbonyl (C=O) groups is 1. The Morgan fingerprint density at radius 2 is 1.51 bits per heavy atom. The average Bonchev–Trinajstić information content (AvgIpc) is 3.33. The molecule has 2 aliphatic heterocycles. The number of hydrogen-bond acceptors (Lipinski definition) is 5. The van der Waals surface area contributed by atoms with Gasteiger partial charge in [-0.1, -0.05) is 87.9 Å². The molecular weight excluding hydrogens is 530 g/mol. The van der Waals surface area contributed by atoms with Crippen LogP contribution < -0.4 is 10.4 Å². The number of amides is 1. The quantitative estimate of drug-likeness (QED) is 0.299. The second-order valence-electron chi connectivity index (χ2n) is 13.4. The summed E-state index contributed by atoms with van der Waals surface area (Å²) in [6, 6.07) is 21.6. The number of benzene rings is 2. The molecule has 7 heteroatoms. The smallest absolute Gasteiger partial charge is 0.261 e. The molecule has 41 heavy (non-hydrogen) atoms. The van der Waals surface area contributed by atoms with Gasteiger partial charge in [0.05, 0.1) is 18.8 Å². The lowest BCUT2D eigenvalue weighted by molar-refractivity contribution is -0.199. The maximum Gasteiger partial charge on any atom is 0.261 e. The molecule has 4 atom stereocenters. The van der Waals surface area contributed by atoms with Crippen LogP contribution in [0.25, 0.3) is 0 Å². The largest absolute Gasteiger partial charge is 0.407 e. The molecule has 1 amide bonds. The van der Waals surface area contributed by atoms with Crippen molar-refractivity contribution in [3.8, 4) is 0 Å². The van der Waals surface area contributed by atoms with Crippen molar-refractivity contribution in [3.05, 3.63) is 60.7 Å². The first-order valence-corrected chi connectivity index (χ1v) is 17.5. The summed E-state index contributed by atoms with van der Waals surface area (Å²) in [5, 5.41) is 2.55. The van der Waals surface area contributed by atoms with Gasteiger partial charge in [0, 0.05) is 45.9 Å². The summed E-state index contributed by atoms with van der Waals surface area (Å²) in [7, 11) is 1.05. The first kappa shape index (κ1) is 30.4. The second-order valence-corrected chi connectivity index (χ2v) is 17.7. The van der Waals surface area contributed by atoms with Crippen molar-refractivity contribution >= 4 is 24.6 Å². The van der Waals surface area contributed by atoms with Gasteiger partial charge in [-0.2, -0.15) is 0 Å².